The lowest BCUT2D eigenvalue weighted by Crippen LogP contribution is -2.33. The van der Waals surface area contributed by atoms with E-state index < -0.39 is 6.10 Å². The summed E-state index contributed by atoms with van der Waals surface area (Å²) in [5.74, 6) is 0.841. The van der Waals surface area contributed by atoms with Crippen LogP contribution < -0.4 is 4.90 Å². The van der Waals surface area contributed by atoms with E-state index in [1.807, 2.05) is 23.1 Å². The molecule has 0 radical (unpaired) electrons. The molecule has 8 heteroatoms. The lowest BCUT2D eigenvalue weighted by atomic mass is 10.1. The van der Waals surface area contributed by atoms with E-state index in [2.05, 4.69) is 24.9 Å². The summed E-state index contributed by atoms with van der Waals surface area (Å²) in [6, 6.07) is 1.88. The molecule has 2 aromatic rings. The Hall–Kier alpha value is -2.03. The number of aromatic nitrogens is 4. The molecule has 2 aliphatic heterocycles. The number of aliphatic hydroxyl groups is 2. The van der Waals surface area contributed by atoms with Gasteiger partial charge in [0.2, 0.25) is 5.95 Å². The smallest absolute Gasteiger partial charge is 0.225 e. The van der Waals surface area contributed by atoms with Gasteiger partial charge in [0.05, 0.1) is 24.5 Å². The SMILES string of the molecule is OC[C@H](O)c1cc2n(n1)CCN(Cc1cnc(N3CCCCC3)nc1)C2. The van der Waals surface area contributed by atoms with Gasteiger partial charge < -0.3 is 15.1 Å². The standard InChI is InChI=1S/C18H26N6O2/c25-13-17(26)16-8-15-12-22(6-7-24(15)21-16)11-14-9-19-18(20-10-14)23-4-2-1-3-5-23/h8-10,17,25-26H,1-7,11-13H2/t17-/m0/s1. The largest absolute Gasteiger partial charge is 0.393 e. The van der Waals surface area contributed by atoms with E-state index in [0.29, 0.717) is 5.69 Å². The van der Waals surface area contributed by atoms with E-state index in [4.69, 9.17) is 5.11 Å². The van der Waals surface area contributed by atoms with Crippen LogP contribution in [0.1, 0.15) is 42.3 Å². The molecule has 0 amide bonds. The predicted molar refractivity (Wildman–Crippen MR) is 96.5 cm³/mol. The van der Waals surface area contributed by atoms with Crippen LogP contribution in [0.2, 0.25) is 0 Å². The summed E-state index contributed by atoms with van der Waals surface area (Å²) >= 11 is 0. The molecule has 2 aromatic heterocycles. The molecule has 0 spiro atoms. The monoisotopic (exact) mass is 358 g/mol. The Morgan fingerprint density at radius 3 is 2.54 bits per heavy atom. The Morgan fingerprint density at radius 2 is 1.81 bits per heavy atom. The molecule has 4 rings (SSSR count). The van der Waals surface area contributed by atoms with Crippen molar-refractivity contribution in [1.29, 1.82) is 0 Å². The number of fused-ring (bicyclic) bond motifs is 1. The van der Waals surface area contributed by atoms with E-state index >= 15 is 0 Å². The Labute approximate surface area is 153 Å². The second-order valence-corrected chi connectivity index (χ2v) is 7.13. The van der Waals surface area contributed by atoms with Crippen molar-refractivity contribution in [2.24, 2.45) is 0 Å². The van der Waals surface area contributed by atoms with Crippen LogP contribution in [0.15, 0.2) is 18.5 Å². The van der Waals surface area contributed by atoms with Gasteiger partial charge in [-0.1, -0.05) is 0 Å². The molecular formula is C18H26N6O2. The summed E-state index contributed by atoms with van der Waals surface area (Å²) < 4.78 is 1.92. The Morgan fingerprint density at radius 1 is 1.04 bits per heavy atom. The third-order valence-corrected chi connectivity index (χ3v) is 5.15. The number of aliphatic hydroxyl groups excluding tert-OH is 2. The number of hydrogen-bond donors (Lipinski definition) is 2. The lowest BCUT2D eigenvalue weighted by molar-refractivity contribution is 0.0915. The first-order valence-corrected chi connectivity index (χ1v) is 9.36. The third-order valence-electron chi connectivity index (χ3n) is 5.15. The Bertz CT molecular complexity index is 726. The van der Waals surface area contributed by atoms with Crippen molar-refractivity contribution in [2.75, 3.05) is 31.1 Å². The minimum Gasteiger partial charge on any atom is -0.393 e. The van der Waals surface area contributed by atoms with Gasteiger partial charge in [-0.3, -0.25) is 9.58 Å². The fraction of sp³-hybridized carbons (Fsp3) is 0.611. The van der Waals surface area contributed by atoms with Gasteiger partial charge in [-0.25, -0.2) is 9.97 Å². The molecule has 1 atom stereocenters. The topological polar surface area (TPSA) is 90.5 Å². The summed E-state index contributed by atoms with van der Waals surface area (Å²) in [6.45, 7) is 5.02. The van der Waals surface area contributed by atoms with Gasteiger partial charge in [0, 0.05) is 50.7 Å². The molecule has 0 bridgehead atoms. The first-order chi connectivity index (χ1) is 12.7. The van der Waals surface area contributed by atoms with Crippen LogP contribution in [0.25, 0.3) is 0 Å². The molecule has 2 aliphatic rings. The second-order valence-electron chi connectivity index (χ2n) is 7.13. The van der Waals surface area contributed by atoms with Crippen molar-refractivity contribution < 1.29 is 10.2 Å². The van der Waals surface area contributed by atoms with E-state index in [1.54, 1.807) is 0 Å². The van der Waals surface area contributed by atoms with Crippen molar-refractivity contribution in [3.8, 4) is 0 Å². The van der Waals surface area contributed by atoms with Crippen molar-refractivity contribution in [3.05, 3.63) is 35.4 Å². The summed E-state index contributed by atoms with van der Waals surface area (Å²) in [5, 5.41) is 23.2. The van der Waals surface area contributed by atoms with Gasteiger partial charge in [-0.05, 0) is 25.3 Å². The van der Waals surface area contributed by atoms with Gasteiger partial charge in [0.1, 0.15) is 6.10 Å². The number of nitrogens with zero attached hydrogens (tertiary/aromatic N) is 6. The molecule has 0 aliphatic carbocycles. The Kier molecular flexibility index (Phi) is 5.14. The first kappa shape index (κ1) is 17.4. The van der Waals surface area contributed by atoms with E-state index in [0.717, 1.165) is 56.5 Å². The highest BCUT2D eigenvalue weighted by Gasteiger charge is 2.21. The summed E-state index contributed by atoms with van der Waals surface area (Å²) in [7, 11) is 0. The molecule has 0 saturated carbocycles. The normalized spacial score (nSPS) is 19.4. The van der Waals surface area contributed by atoms with Gasteiger partial charge >= 0.3 is 0 Å². The molecular weight excluding hydrogens is 332 g/mol. The van der Waals surface area contributed by atoms with Gasteiger partial charge in [-0.2, -0.15) is 5.10 Å². The molecule has 0 unspecified atom stereocenters. The number of rotatable bonds is 5. The van der Waals surface area contributed by atoms with Crippen LogP contribution in [0.5, 0.6) is 0 Å². The summed E-state index contributed by atoms with van der Waals surface area (Å²) in [4.78, 5) is 13.7. The number of hydrogen-bond acceptors (Lipinski definition) is 7. The van der Waals surface area contributed by atoms with Crippen LogP contribution in [0.4, 0.5) is 5.95 Å². The van der Waals surface area contributed by atoms with E-state index in [9.17, 15) is 5.11 Å². The predicted octanol–water partition coefficient (Wildman–Crippen LogP) is 0.705. The zero-order valence-electron chi connectivity index (χ0n) is 15.0. The highest BCUT2D eigenvalue weighted by molar-refractivity contribution is 5.30. The third kappa shape index (κ3) is 3.72. The maximum absolute atomic E-state index is 9.75. The van der Waals surface area contributed by atoms with Crippen LogP contribution >= 0.6 is 0 Å². The van der Waals surface area contributed by atoms with Crippen LogP contribution in [0.3, 0.4) is 0 Å². The van der Waals surface area contributed by atoms with Crippen LogP contribution in [0, 0.1) is 0 Å². The zero-order valence-corrected chi connectivity index (χ0v) is 15.0. The zero-order chi connectivity index (χ0) is 17.9. The molecule has 26 heavy (non-hydrogen) atoms. The molecule has 140 valence electrons. The molecule has 1 saturated heterocycles. The average Bonchev–Trinajstić information content (AvgIpc) is 3.12. The molecule has 2 N–H and O–H groups in total. The molecule has 4 heterocycles. The highest BCUT2D eigenvalue weighted by atomic mass is 16.3. The van der Waals surface area contributed by atoms with E-state index in [-0.39, 0.29) is 6.61 Å². The van der Waals surface area contributed by atoms with Crippen molar-refractivity contribution in [1.82, 2.24) is 24.6 Å². The van der Waals surface area contributed by atoms with Crippen LogP contribution in [-0.2, 0) is 19.6 Å². The fourth-order valence-corrected chi connectivity index (χ4v) is 3.68. The van der Waals surface area contributed by atoms with Crippen LogP contribution in [-0.4, -0.2) is 61.1 Å². The average molecular weight is 358 g/mol. The van der Waals surface area contributed by atoms with Crippen molar-refractivity contribution in [3.63, 3.8) is 0 Å². The summed E-state index contributed by atoms with van der Waals surface area (Å²) in [6.07, 6.45) is 6.71. The minimum absolute atomic E-state index is 0.305. The quantitative estimate of drug-likeness (QED) is 0.813. The maximum atomic E-state index is 9.75. The van der Waals surface area contributed by atoms with Gasteiger partial charge in [0.15, 0.2) is 0 Å². The highest BCUT2D eigenvalue weighted by Crippen LogP contribution is 2.20. The lowest BCUT2D eigenvalue weighted by Gasteiger charge is -2.28. The Balaban J connectivity index is 1.38. The van der Waals surface area contributed by atoms with Crippen molar-refractivity contribution in [2.45, 2.75) is 45.0 Å². The number of piperidine rings is 1. The maximum Gasteiger partial charge on any atom is 0.225 e. The van der Waals surface area contributed by atoms with Crippen molar-refractivity contribution >= 4 is 5.95 Å². The number of anilines is 1. The van der Waals surface area contributed by atoms with Gasteiger partial charge in [-0.15, -0.1) is 0 Å². The van der Waals surface area contributed by atoms with Gasteiger partial charge in [0.25, 0.3) is 0 Å². The first-order valence-electron chi connectivity index (χ1n) is 9.36. The molecule has 1 fully saturated rings. The molecule has 8 nitrogen and oxygen atoms in total. The molecule has 0 aromatic carbocycles. The minimum atomic E-state index is -0.905. The fourth-order valence-electron chi connectivity index (χ4n) is 3.68. The van der Waals surface area contributed by atoms with E-state index in [1.165, 1.54) is 19.3 Å². The second kappa shape index (κ2) is 7.69. The summed E-state index contributed by atoms with van der Waals surface area (Å²) in [5.41, 5.74) is 2.71.